The van der Waals surface area contributed by atoms with E-state index in [1.807, 2.05) is 0 Å². The number of nitrogens with one attached hydrogen (secondary N) is 2. The van der Waals surface area contributed by atoms with Crippen LogP contribution in [0.4, 0.5) is 0 Å². The predicted octanol–water partition coefficient (Wildman–Crippen LogP) is 2.99. The summed E-state index contributed by atoms with van der Waals surface area (Å²) in [5.41, 5.74) is 2.86. The van der Waals surface area contributed by atoms with E-state index in [-0.39, 0.29) is 5.82 Å². The summed E-state index contributed by atoms with van der Waals surface area (Å²) in [7, 11) is 0. The summed E-state index contributed by atoms with van der Waals surface area (Å²) < 4.78 is 0. The Kier molecular flexibility index (Phi) is 4.59. The Hall–Kier alpha value is -2.70. The highest BCUT2D eigenvalue weighted by Gasteiger charge is 2.10. The van der Waals surface area contributed by atoms with Crippen molar-refractivity contribution < 1.29 is 4.79 Å². The molecule has 1 aromatic heterocycles. The number of nitrogens with zero attached hydrogens (tertiary/aromatic N) is 2. The highest BCUT2D eigenvalue weighted by Crippen LogP contribution is 2.18. The topological polar surface area (TPSA) is 87.2 Å². The second-order valence-electron chi connectivity index (χ2n) is 4.80. The van der Waals surface area contributed by atoms with E-state index in [4.69, 9.17) is 23.2 Å². The van der Waals surface area contributed by atoms with E-state index in [1.54, 1.807) is 42.5 Å². The molecule has 3 aromatic rings. The van der Waals surface area contributed by atoms with Gasteiger partial charge in [0.2, 0.25) is 5.82 Å². The molecule has 0 saturated heterocycles. The number of rotatable bonds is 3. The number of para-hydroxylation sites is 1. The molecule has 6 nitrogen and oxygen atoms in total. The first-order chi connectivity index (χ1) is 11.5. The minimum atomic E-state index is -0.646. The highest BCUT2D eigenvalue weighted by molar-refractivity contribution is 6.35. The molecule has 0 fully saturated rings. The second kappa shape index (κ2) is 6.82. The zero-order chi connectivity index (χ0) is 17.1. The maximum Gasteiger partial charge on any atom is 0.307 e. The molecule has 2 N–H and O–H groups in total. The van der Waals surface area contributed by atoms with Crippen molar-refractivity contribution in [3.63, 3.8) is 0 Å². The summed E-state index contributed by atoms with van der Waals surface area (Å²) in [4.78, 5) is 30.5. The van der Waals surface area contributed by atoms with Gasteiger partial charge < -0.3 is 4.98 Å². The summed E-state index contributed by atoms with van der Waals surface area (Å²) in [5.74, 6) is -0.778. The Labute approximate surface area is 146 Å². The van der Waals surface area contributed by atoms with Gasteiger partial charge in [-0.15, -0.1) is 0 Å². The lowest BCUT2D eigenvalue weighted by molar-refractivity contribution is 0.0945. The van der Waals surface area contributed by atoms with Gasteiger partial charge in [-0.3, -0.25) is 9.59 Å². The molecule has 2 aromatic carbocycles. The number of aromatic nitrogens is 2. The van der Waals surface area contributed by atoms with Crippen LogP contribution in [0.3, 0.4) is 0 Å². The lowest BCUT2D eigenvalue weighted by Gasteiger charge is -2.02. The Morgan fingerprint density at radius 2 is 2.00 bits per heavy atom. The van der Waals surface area contributed by atoms with Gasteiger partial charge in [-0.1, -0.05) is 35.3 Å². The molecular weight excluding hydrogens is 351 g/mol. The van der Waals surface area contributed by atoms with Crippen LogP contribution in [-0.2, 0) is 0 Å². The largest absolute Gasteiger partial charge is 0.307 e. The minimum absolute atomic E-state index is 0.131. The Morgan fingerprint density at radius 3 is 2.83 bits per heavy atom. The van der Waals surface area contributed by atoms with Crippen molar-refractivity contribution in [1.29, 1.82) is 0 Å². The van der Waals surface area contributed by atoms with Gasteiger partial charge >= 0.3 is 5.91 Å². The molecule has 0 bridgehead atoms. The average Bonchev–Trinajstić information content (AvgIpc) is 2.58. The van der Waals surface area contributed by atoms with Crippen molar-refractivity contribution in [1.82, 2.24) is 15.4 Å². The third-order valence-corrected chi connectivity index (χ3v) is 3.74. The number of hydrogen-bond donors (Lipinski definition) is 2. The van der Waals surface area contributed by atoms with E-state index < -0.39 is 11.5 Å². The molecule has 0 radical (unpaired) electrons. The maximum atomic E-state index is 12.1. The SMILES string of the molecule is O=C(N/N=C\c1cc(Cl)ccc1Cl)c1nc2ccccc2c(=O)[nH]1. The molecule has 1 amide bonds. The Morgan fingerprint density at radius 1 is 1.21 bits per heavy atom. The number of H-pyrrole nitrogens is 1. The van der Waals surface area contributed by atoms with Gasteiger partial charge in [-0.05, 0) is 30.3 Å². The van der Waals surface area contributed by atoms with E-state index in [9.17, 15) is 9.59 Å². The Balaban J connectivity index is 1.81. The summed E-state index contributed by atoms with van der Waals surface area (Å²) in [6.45, 7) is 0. The van der Waals surface area contributed by atoms with Crippen molar-refractivity contribution in [2.75, 3.05) is 0 Å². The van der Waals surface area contributed by atoms with Crippen LogP contribution in [0.15, 0.2) is 52.4 Å². The number of carbonyl (C=O) groups is 1. The van der Waals surface area contributed by atoms with Gasteiger partial charge in [-0.25, -0.2) is 10.4 Å². The number of benzene rings is 2. The highest BCUT2D eigenvalue weighted by atomic mass is 35.5. The number of hydrogen-bond acceptors (Lipinski definition) is 4. The fourth-order valence-electron chi connectivity index (χ4n) is 2.02. The van der Waals surface area contributed by atoms with Crippen LogP contribution in [0.2, 0.25) is 10.0 Å². The van der Waals surface area contributed by atoms with E-state index in [0.29, 0.717) is 26.5 Å². The van der Waals surface area contributed by atoms with Gasteiger partial charge in [0.15, 0.2) is 0 Å². The first kappa shape index (κ1) is 16.2. The van der Waals surface area contributed by atoms with Gasteiger partial charge in [0, 0.05) is 15.6 Å². The van der Waals surface area contributed by atoms with Crippen molar-refractivity contribution in [3.05, 3.63) is 74.3 Å². The molecule has 0 atom stereocenters. The number of hydrazone groups is 1. The predicted molar refractivity (Wildman–Crippen MR) is 93.9 cm³/mol. The number of halogens is 2. The molecule has 24 heavy (non-hydrogen) atoms. The molecular formula is C16H10Cl2N4O2. The lowest BCUT2D eigenvalue weighted by atomic mass is 10.2. The minimum Gasteiger partial charge on any atom is -0.302 e. The molecule has 0 spiro atoms. The second-order valence-corrected chi connectivity index (χ2v) is 5.64. The van der Waals surface area contributed by atoms with Crippen LogP contribution in [0.1, 0.15) is 16.2 Å². The first-order valence-electron chi connectivity index (χ1n) is 6.82. The number of carbonyl (C=O) groups excluding carboxylic acids is 1. The van der Waals surface area contributed by atoms with E-state index in [0.717, 1.165) is 0 Å². The van der Waals surface area contributed by atoms with E-state index >= 15 is 0 Å². The van der Waals surface area contributed by atoms with Crippen LogP contribution >= 0.6 is 23.2 Å². The zero-order valence-corrected chi connectivity index (χ0v) is 13.6. The summed E-state index contributed by atoms with van der Waals surface area (Å²) in [5, 5.41) is 5.14. The quantitative estimate of drug-likeness (QED) is 0.555. The summed E-state index contributed by atoms with van der Waals surface area (Å²) in [6.07, 6.45) is 1.35. The standard InChI is InChI=1S/C16H10Cl2N4O2/c17-10-5-6-12(18)9(7-10)8-19-22-16(24)14-20-13-4-2-1-3-11(13)15(23)21-14/h1-8H,(H,22,24)(H,20,21,23)/b19-8-. The summed E-state index contributed by atoms with van der Waals surface area (Å²) >= 11 is 11.9. The fraction of sp³-hybridized carbons (Fsp3) is 0. The van der Waals surface area contributed by atoms with E-state index in [1.165, 1.54) is 6.21 Å². The molecule has 120 valence electrons. The first-order valence-corrected chi connectivity index (χ1v) is 7.58. The van der Waals surface area contributed by atoms with Crippen LogP contribution < -0.4 is 11.0 Å². The monoisotopic (exact) mass is 360 g/mol. The third kappa shape index (κ3) is 3.45. The van der Waals surface area contributed by atoms with Crippen LogP contribution in [0.5, 0.6) is 0 Å². The molecule has 0 aliphatic rings. The van der Waals surface area contributed by atoms with Crippen molar-refractivity contribution in [2.45, 2.75) is 0 Å². The molecule has 8 heteroatoms. The number of aromatic amines is 1. The fourth-order valence-corrected chi connectivity index (χ4v) is 2.37. The van der Waals surface area contributed by atoms with Gasteiger partial charge in [-0.2, -0.15) is 5.10 Å². The molecule has 0 unspecified atom stereocenters. The van der Waals surface area contributed by atoms with Crippen molar-refractivity contribution in [2.24, 2.45) is 5.10 Å². The normalized spacial score (nSPS) is 11.1. The van der Waals surface area contributed by atoms with Gasteiger partial charge in [0.25, 0.3) is 5.56 Å². The molecule has 0 aliphatic heterocycles. The van der Waals surface area contributed by atoms with Crippen LogP contribution in [0.25, 0.3) is 10.9 Å². The third-order valence-electron chi connectivity index (χ3n) is 3.16. The average molecular weight is 361 g/mol. The molecule has 3 rings (SSSR count). The smallest absolute Gasteiger partial charge is 0.302 e. The number of fused-ring (bicyclic) bond motifs is 1. The zero-order valence-electron chi connectivity index (χ0n) is 12.1. The molecule has 0 aliphatic carbocycles. The van der Waals surface area contributed by atoms with E-state index in [2.05, 4.69) is 20.5 Å². The van der Waals surface area contributed by atoms with Gasteiger partial charge in [0.1, 0.15) is 0 Å². The number of amides is 1. The molecule has 1 heterocycles. The summed E-state index contributed by atoms with van der Waals surface area (Å²) in [6, 6.07) is 11.6. The molecule has 0 saturated carbocycles. The Bertz CT molecular complexity index is 1010. The van der Waals surface area contributed by atoms with Gasteiger partial charge in [0.05, 0.1) is 17.1 Å². The maximum absolute atomic E-state index is 12.1. The van der Waals surface area contributed by atoms with Crippen molar-refractivity contribution in [3.8, 4) is 0 Å². The lowest BCUT2D eigenvalue weighted by Crippen LogP contribution is -2.24. The van der Waals surface area contributed by atoms with Crippen LogP contribution in [-0.4, -0.2) is 22.1 Å². The van der Waals surface area contributed by atoms with Crippen LogP contribution in [0, 0.1) is 0 Å². The van der Waals surface area contributed by atoms with Crippen molar-refractivity contribution >= 4 is 46.2 Å².